The summed E-state index contributed by atoms with van der Waals surface area (Å²) in [5.74, 6) is 0.127. The summed E-state index contributed by atoms with van der Waals surface area (Å²) in [6.45, 7) is 4.65. The molecule has 1 heterocycles. The molecule has 0 radical (unpaired) electrons. The van der Waals surface area contributed by atoms with Gasteiger partial charge in [0.05, 0.1) is 5.69 Å². The molecule has 1 saturated carbocycles. The van der Waals surface area contributed by atoms with Gasteiger partial charge < -0.3 is 9.80 Å². The molecule has 1 fully saturated rings. The van der Waals surface area contributed by atoms with Gasteiger partial charge in [0, 0.05) is 30.0 Å². The van der Waals surface area contributed by atoms with E-state index in [0.29, 0.717) is 31.7 Å². The first-order valence-corrected chi connectivity index (χ1v) is 11.9. The molecule has 1 amide bonds. The lowest BCUT2D eigenvalue weighted by atomic mass is 10.2. The second kappa shape index (κ2) is 8.59. The third-order valence-corrected chi connectivity index (χ3v) is 7.09. The van der Waals surface area contributed by atoms with Gasteiger partial charge in [-0.1, -0.05) is 29.3 Å². The van der Waals surface area contributed by atoms with E-state index >= 15 is 0 Å². The van der Waals surface area contributed by atoms with Crippen LogP contribution in [-0.4, -0.2) is 52.5 Å². The van der Waals surface area contributed by atoms with E-state index in [9.17, 15) is 13.2 Å². The normalized spacial score (nSPS) is 16.8. The number of carbonyl (C=O) groups excluding carboxylic acids is 1. The molecule has 3 rings (SSSR count). The van der Waals surface area contributed by atoms with Crippen LogP contribution in [0.25, 0.3) is 0 Å². The molecule has 150 valence electrons. The first-order chi connectivity index (χ1) is 12.8. The predicted octanol–water partition coefficient (Wildman–Crippen LogP) is 2.76. The van der Waals surface area contributed by atoms with E-state index < -0.39 is 10.0 Å². The molecule has 0 atom stereocenters. The van der Waals surface area contributed by atoms with E-state index in [1.54, 1.807) is 11.0 Å². The molecule has 0 spiro atoms. The number of nitrogens with one attached hydrogen (secondary N) is 1. The van der Waals surface area contributed by atoms with Crippen LogP contribution in [0.3, 0.4) is 0 Å². The number of hydrogen-bond acceptors (Lipinski definition) is 4. The molecular weight excluding hydrogens is 430 g/mol. The number of halogens is 1. The van der Waals surface area contributed by atoms with E-state index in [2.05, 4.69) is 32.5 Å². The Kier molecular flexibility index (Phi) is 6.61. The van der Waals surface area contributed by atoms with Gasteiger partial charge in [-0.2, -0.15) is 0 Å². The Labute approximate surface area is 170 Å². The topological polar surface area (TPSA) is 69.7 Å². The molecule has 6 nitrogen and oxygen atoms in total. The lowest BCUT2D eigenvalue weighted by Gasteiger charge is -2.21. The third kappa shape index (κ3) is 4.91. The van der Waals surface area contributed by atoms with Crippen LogP contribution >= 0.6 is 15.9 Å². The highest BCUT2D eigenvalue weighted by Crippen LogP contribution is 2.41. The second-order valence-corrected chi connectivity index (χ2v) is 10.1. The van der Waals surface area contributed by atoms with Crippen molar-refractivity contribution in [3.63, 3.8) is 0 Å². The maximum atomic E-state index is 13.0. The monoisotopic (exact) mass is 457 g/mol. The summed E-state index contributed by atoms with van der Waals surface area (Å²) < 4.78 is 29.4. The first-order valence-electron chi connectivity index (χ1n) is 9.65. The number of benzene rings is 1. The van der Waals surface area contributed by atoms with Gasteiger partial charge in [-0.15, -0.1) is 0 Å². The van der Waals surface area contributed by atoms with Gasteiger partial charge in [-0.05, 0) is 57.0 Å². The molecule has 0 unspecified atom stereocenters. The van der Waals surface area contributed by atoms with Crippen LogP contribution in [0, 0.1) is 5.92 Å². The molecule has 0 aromatic heterocycles. The third-order valence-electron chi connectivity index (χ3n) is 5.15. The quantitative estimate of drug-likeness (QED) is 0.618. The minimum absolute atomic E-state index is 0.0619. The van der Waals surface area contributed by atoms with Crippen molar-refractivity contribution in [1.82, 2.24) is 9.62 Å². The molecule has 8 heteroatoms. The molecule has 1 aromatic rings. The molecule has 1 N–H and O–H groups in total. The highest BCUT2D eigenvalue weighted by molar-refractivity contribution is 9.10. The number of nitrogens with zero attached hydrogens (tertiary/aromatic N) is 2. The van der Waals surface area contributed by atoms with Gasteiger partial charge >= 0.3 is 0 Å². The van der Waals surface area contributed by atoms with Gasteiger partial charge in [-0.25, -0.2) is 13.1 Å². The zero-order chi connectivity index (χ0) is 19.6. The maximum Gasteiger partial charge on any atom is 0.242 e. The lowest BCUT2D eigenvalue weighted by Crippen LogP contribution is -2.35. The van der Waals surface area contributed by atoms with E-state index in [0.717, 1.165) is 42.3 Å². The fourth-order valence-electron chi connectivity index (χ4n) is 3.43. The van der Waals surface area contributed by atoms with Crippen molar-refractivity contribution < 1.29 is 13.2 Å². The summed E-state index contributed by atoms with van der Waals surface area (Å²) in [6.07, 6.45) is 4.72. The number of sulfonamides is 1. The summed E-state index contributed by atoms with van der Waals surface area (Å²) in [4.78, 5) is 16.6. The summed E-state index contributed by atoms with van der Waals surface area (Å²) in [5, 5.41) is 0. The Morgan fingerprint density at radius 1 is 1.33 bits per heavy atom. The summed E-state index contributed by atoms with van der Waals surface area (Å²) in [5.41, 5.74) is 1.49. The Bertz CT molecular complexity index is 809. The van der Waals surface area contributed by atoms with E-state index in [1.165, 1.54) is 0 Å². The molecule has 0 saturated heterocycles. The highest BCUT2D eigenvalue weighted by Gasteiger charge is 2.39. The van der Waals surface area contributed by atoms with Crippen LogP contribution in [0.15, 0.2) is 21.5 Å². The zero-order valence-corrected chi connectivity index (χ0v) is 18.4. The number of carbonyl (C=O) groups is 1. The summed E-state index contributed by atoms with van der Waals surface area (Å²) in [6, 6.07) is 3.54. The highest BCUT2D eigenvalue weighted by atomic mass is 79.9. The van der Waals surface area contributed by atoms with Gasteiger partial charge in [0.2, 0.25) is 15.9 Å². The molecule has 2 aliphatic rings. The molecular formula is C19H28BrN3O3S. The molecule has 1 aliphatic carbocycles. The smallest absolute Gasteiger partial charge is 0.242 e. The van der Waals surface area contributed by atoms with E-state index in [1.807, 2.05) is 13.1 Å². The summed E-state index contributed by atoms with van der Waals surface area (Å²) in [7, 11) is -1.70. The minimum Gasteiger partial charge on any atom is -0.310 e. The Morgan fingerprint density at radius 3 is 2.74 bits per heavy atom. The fraction of sp³-hybridized carbons (Fsp3) is 0.632. The standard InChI is InChI=1S/C19H28BrN3O3S/c1-3-4-9-22(2)11-8-21-27(25,26)17-13-16(20)12-15-7-10-23(18(15)17)19(24)14-5-6-14/h12-14,21H,3-11H2,1-2H3. The van der Waals surface area contributed by atoms with Crippen molar-refractivity contribution in [3.05, 3.63) is 22.2 Å². The van der Waals surface area contributed by atoms with Gasteiger partial charge in [-0.3, -0.25) is 4.79 Å². The van der Waals surface area contributed by atoms with Crippen molar-refractivity contribution in [1.29, 1.82) is 0 Å². The zero-order valence-electron chi connectivity index (χ0n) is 16.0. The number of anilines is 1. The van der Waals surface area contributed by atoms with Crippen molar-refractivity contribution in [3.8, 4) is 0 Å². The lowest BCUT2D eigenvalue weighted by molar-refractivity contribution is -0.119. The first kappa shape index (κ1) is 20.8. The largest absolute Gasteiger partial charge is 0.310 e. The SMILES string of the molecule is CCCCN(C)CCNS(=O)(=O)c1cc(Br)cc2c1N(C(=O)C1CC1)CC2. The van der Waals surface area contributed by atoms with Gasteiger partial charge in [0.25, 0.3) is 0 Å². The molecule has 27 heavy (non-hydrogen) atoms. The molecule has 1 aliphatic heterocycles. The number of hydrogen-bond donors (Lipinski definition) is 1. The van der Waals surface area contributed by atoms with Crippen molar-refractivity contribution in [2.45, 2.75) is 43.9 Å². The molecule has 0 bridgehead atoms. The van der Waals surface area contributed by atoms with Crippen LogP contribution in [0.2, 0.25) is 0 Å². The molecule has 1 aromatic carbocycles. The Balaban J connectivity index is 1.78. The van der Waals surface area contributed by atoms with Crippen LogP contribution in [0.5, 0.6) is 0 Å². The van der Waals surface area contributed by atoms with E-state index in [4.69, 9.17) is 0 Å². The average Bonchev–Trinajstić information content (AvgIpc) is 3.38. The van der Waals surface area contributed by atoms with Crippen molar-refractivity contribution in [2.24, 2.45) is 5.92 Å². The van der Waals surface area contributed by atoms with E-state index in [-0.39, 0.29) is 16.7 Å². The summed E-state index contributed by atoms with van der Waals surface area (Å²) >= 11 is 3.42. The Hall–Kier alpha value is -0.960. The number of rotatable bonds is 9. The number of fused-ring (bicyclic) bond motifs is 1. The predicted molar refractivity (Wildman–Crippen MR) is 111 cm³/mol. The minimum atomic E-state index is -3.70. The van der Waals surface area contributed by atoms with Crippen LogP contribution < -0.4 is 9.62 Å². The fourth-order valence-corrected chi connectivity index (χ4v) is 5.38. The van der Waals surface area contributed by atoms with Crippen LogP contribution in [0.4, 0.5) is 5.69 Å². The number of likely N-dealkylation sites (N-methyl/N-ethyl adjacent to an activating group) is 1. The van der Waals surface area contributed by atoms with Gasteiger partial charge in [0.1, 0.15) is 4.90 Å². The Morgan fingerprint density at radius 2 is 2.07 bits per heavy atom. The second-order valence-electron chi connectivity index (χ2n) is 7.48. The van der Waals surface area contributed by atoms with Crippen LogP contribution in [-0.2, 0) is 21.2 Å². The van der Waals surface area contributed by atoms with Crippen LogP contribution in [0.1, 0.15) is 38.2 Å². The maximum absolute atomic E-state index is 13.0. The number of unbranched alkanes of at least 4 members (excludes halogenated alkanes) is 1. The van der Waals surface area contributed by atoms with Crippen molar-refractivity contribution in [2.75, 3.05) is 38.1 Å². The number of amides is 1. The average molecular weight is 458 g/mol. The van der Waals surface area contributed by atoms with Crippen molar-refractivity contribution >= 4 is 37.5 Å². The van der Waals surface area contributed by atoms with Gasteiger partial charge in [0.15, 0.2) is 0 Å².